The Morgan fingerprint density at radius 3 is 2.50 bits per heavy atom. The highest BCUT2D eigenvalue weighted by Gasteiger charge is 2.40. The number of aromatic nitrogens is 1. The molecule has 2 heterocycles. The monoisotopic (exact) mass is 366 g/mol. The molecule has 1 aliphatic rings. The van der Waals surface area contributed by atoms with E-state index in [1.54, 1.807) is 5.32 Å². The van der Waals surface area contributed by atoms with Gasteiger partial charge in [-0.25, -0.2) is 4.79 Å². The normalized spacial score (nSPS) is 14.9. The van der Waals surface area contributed by atoms with Crippen LogP contribution in [0.15, 0.2) is 0 Å². The molecule has 1 aromatic heterocycles. The molecule has 24 heavy (non-hydrogen) atoms. The van der Waals surface area contributed by atoms with Gasteiger partial charge in [-0.2, -0.15) is 13.2 Å². The number of hydrogen-bond donors (Lipinski definition) is 1. The zero-order valence-electron chi connectivity index (χ0n) is 12.8. The van der Waals surface area contributed by atoms with Gasteiger partial charge < -0.3 is 14.6 Å². The van der Waals surface area contributed by atoms with Gasteiger partial charge in [0.1, 0.15) is 11.7 Å². The van der Waals surface area contributed by atoms with Crippen molar-refractivity contribution in [1.82, 2.24) is 9.88 Å². The molecule has 0 bridgehead atoms. The Kier molecular flexibility index (Phi) is 4.93. The topological polar surface area (TPSA) is 77.4 Å². The molecule has 1 amide bonds. The van der Waals surface area contributed by atoms with E-state index in [2.05, 4.69) is 4.74 Å². The lowest BCUT2D eigenvalue weighted by Crippen LogP contribution is -2.46. The van der Waals surface area contributed by atoms with E-state index in [1.165, 1.54) is 4.57 Å². The van der Waals surface area contributed by atoms with Crippen molar-refractivity contribution in [3.8, 4) is 0 Å². The molecule has 6 nitrogen and oxygen atoms in total. The summed E-state index contributed by atoms with van der Waals surface area (Å²) in [6.07, 6.45) is -3.63. The first kappa shape index (κ1) is 18.3. The van der Waals surface area contributed by atoms with Crippen LogP contribution in [0, 0.1) is 0 Å². The van der Waals surface area contributed by atoms with Gasteiger partial charge in [-0.3, -0.25) is 9.59 Å². The van der Waals surface area contributed by atoms with E-state index in [0.29, 0.717) is 25.1 Å². The van der Waals surface area contributed by atoms with Crippen molar-refractivity contribution in [3.63, 3.8) is 0 Å². The molecule has 0 saturated carbocycles. The first-order valence-electron chi connectivity index (χ1n) is 7.00. The van der Waals surface area contributed by atoms with Crippen LogP contribution in [-0.4, -0.2) is 41.6 Å². The average molecular weight is 367 g/mol. The van der Waals surface area contributed by atoms with Gasteiger partial charge in [0, 0.05) is 12.2 Å². The van der Waals surface area contributed by atoms with Gasteiger partial charge >= 0.3 is 12.1 Å². The van der Waals surface area contributed by atoms with Crippen LogP contribution in [0.3, 0.4) is 0 Å². The predicted molar refractivity (Wildman–Crippen MR) is 77.1 cm³/mol. The molecule has 0 spiro atoms. The number of hydrogen-bond acceptors (Lipinski definition) is 4. The summed E-state index contributed by atoms with van der Waals surface area (Å²) in [6.45, 7) is 1.05. The number of halogens is 4. The van der Waals surface area contributed by atoms with Crippen LogP contribution in [-0.2, 0) is 22.5 Å². The smallest absolute Gasteiger partial charge is 0.408 e. The van der Waals surface area contributed by atoms with Crippen LogP contribution in [0.2, 0.25) is 5.02 Å². The van der Waals surface area contributed by atoms with Crippen molar-refractivity contribution in [2.24, 2.45) is 0 Å². The Balaban J connectivity index is 2.37. The molecule has 0 unspecified atom stereocenters. The predicted octanol–water partition coefficient (Wildman–Crippen LogP) is 2.12. The number of rotatable bonds is 4. The molecule has 0 fully saturated rings. The minimum atomic E-state index is -4.68. The Bertz CT molecular complexity index is 712. The van der Waals surface area contributed by atoms with Crippen molar-refractivity contribution in [2.75, 3.05) is 7.11 Å². The molecular formula is C14H14ClF3N2O4. The highest BCUT2D eigenvalue weighted by atomic mass is 35.5. The van der Waals surface area contributed by atoms with Crippen molar-refractivity contribution >= 4 is 29.3 Å². The number of carbonyl (C=O) groups is 3. The number of fused-ring (bicyclic) bond motifs is 1. The third-order valence-corrected chi connectivity index (χ3v) is 4.12. The lowest BCUT2D eigenvalue weighted by atomic mass is 10.1. The fraction of sp³-hybridized carbons (Fsp3) is 0.500. The molecule has 1 N–H and O–H groups in total. The summed E-state index contributed by atoms with van der Waals surface area (Å²) in [7, 11) is 1.14. The number of amides is 1. The number of ether oxygens (including phenoxy) is 1. The van der Waals surface area contributed by atoms with Crippen LogP contribution in [0.5, 0.6) is 0 Å². The highest BCUT2D eigenvalue weighted by molar-refractivity contribution is 6.47. The van der Waals surface area contributed by atoms with Crippen LogP contribution in [0.1, 0.15) is 39.9 Å². The molecular weight excluding hydrogens is 353 g/mol. The maximum Gasteiger partial charge on any atom is 0.408 e. The Labute approximate surface area is 139 Å². The standard InChI is InChI=1S/C14H14ClF3N2O4/c1-6(14(16,17)18)19-12(22)11(21)10-9(15)8(13(23)24-2)7-4-3-5-20(7)10/h6H,3-5H2,1-2H3,(H,19,22)/t6-/m1/s1. The SMILES string of the molecule is COC(=O)c1c(Cl)c(C(=O)C(=O)N[C@H](C)C(F)(F)F)n2c1CCC2. The second-order valence-corrected chi connectivity index (χ2v) is 5.67. The summed E-state index contributed by atoms with van der Waals surface area (Å²) in [5.41, 5.74) is 0.111. The quantitative estimate of drug-likeness (QED) is 0.503. The maximum absolute atomic E-state index is 12.5. The van der Waals surface area contributed by atoms with Crippen LogP contribution in [0.25, 0.3) is 0 Å². The number of Topliss-reactive ketones (excluding diaryl/α,β-unsaturated/α-hetero) is 1. The van der Waals surface area contributed by atoms with Crippen molar-refractivity contribution < 1.29 is 32.3 Å². The Morgan fingerprint density at radius 1 is 1.33 bits per heavy atom. The van der Waals surface area contributed by atoms with Gasteiger partial charge in [0.25, 0.3) is 11.7 Å². The molecule has 0 radical (unpaired) electrons. The van der Waals surface area contributed by atoms with E-state index >= 15 is 0 Å². The number of nitrogens with zero attached hydrogens (tertiary/aromatic N) is 1. The van der Waals surface area contributed by atoms with E-state index in [0.717, 1.165) is 14.0 Å². The van der Waals surface area contributed by atoms with Gasteiger partial charge in [0.15, 0.2) is 0 Å². The Morgan fingerprint density at radius 2 is 1.96 bits per heavy atom. The van der Waals surface area contributed by atoms with E-state index in [4.69, 9.17) is 11.6 Å². The number of carbonyl (C=O) groups excluding carboxylic acids is 3. The van der Waals surface area contributed by atoms with Crippen molar-refractivity contribution in [1.29, 1.82) is 0 Å². The molecule has 0 aliphatic carbocycles. The highest BCUT2D eigenvalue weighted by Crippen LogP contribution is 2.34. The maximum atomic E-state index is 12.5. The summed E-state index contributed by atoms with van der Waals surface area (Å²) in [5.74, 6) is -3.44. The number of nitrogens with one attached hydrogen (secondary N) is 1. The van der Waals surface area contributed by atoms with Gasteiger partial charge in [-0.15, -0.1) is 0 Å². The van der Waals surface area contributed by atoms with Gasteiger partial charge in [0.05, 0.1) is 17.7 Å². The molecule has 2 rings (SSSR count). The third-order valence-electron chi connectivity index (χ3n) is 3.76. The number of methoxy groups -OCH3 is 1. The molecule has 1 aromatic rings. The second-order valence-electron chi connectivity index (χ2n) is 5.30. The molecule has 0 saturated heterocycles. The third kappa shape index (κ3) is 3.12. The largest absolute Gasteiger partial charge is 0.465 e. The lowest BCUT2D eigenvalue weighted by Gasteiger charge is -2.16. The zero-order chi connectivity index (χ0) is 18.2. The van der Waals surface area contributed by atoms with Crippen molar-refractivity contribution in [2.45, 2.75) is 38.5 Å². The number of alkyl halides is 3. The van der Waals surface area contributed by atoms with Crippen LogP contribution in [0.4, 0.5) is 13.2 Å². The molecule has 1 atom stereocenters. The fourth-order valence-electron chi connectivity index (χ4n) is 2.53. The number of esters is 1. The lowest BCUT2D eigenvalue weighted by molar-refractivity contribution is -0.156. The molecule has 0 aromatic carbocycles. The van der Waals surface area contributed by atoms with Gasteiger partial charge in [0.2, 0.25) is 0 Å². The van der Waals surface area contributed by atoms with E-state index < -0.39 is 29.9 Å². The van der Waals surface area contributed by atoms with E-state index in [1.807, 2.05) is 0 Å². The average Bonchev–Trinajstić information content (AvgIpc) is 3.04. The van der Waals surface area contributed by atoms with Gasteiger partial charge in [-0.1, -0.05) is 11.6 Å². The minimum absolute atomic E-state index is 0.0308. The summed E-state index contributed by atoms with van der Waals surface area (Å²) < 4.78 is 43.5. The van der Waals surface area contributed by atoms with E-state index in [9.17, 15) is 27.6 Å². The molecule has 10 heteroatoms. The van der Waals surface area contributed by atoms with Gasteiger partial charge in [-0.05, 0) is 19.8 Å². The first-order chi connectivity index (χ1) is 11.1. The Hall–Kier alpha value is -2.03. The summed E-state index contributed by atoms with van der Waals surface area (Å²) >= 11 is 6.04. The second kappa shape index (κ2) is 6.46. The van der Waals surface area contributed by atoms with Crippen LogP contribution >= 0.6 is 11.6 Å². The summed E-state index contributed by atoms with van der Waals surface area (Å²) in [4.78, 5) is 36.0. The summed E-state index contributed by atoms with van der Waals surface area (Å²) in [5, 5.41) is 1.31. The zero-order valence-corrected chi connectivity index (χ0v) is 13.5. The molecule has 1 aliphatic heterocycles. The summed E-state index contributed by atoms with van der Waals surface area (Å²) in [6, 6.07) is -2.19. The first-order valence-corrected chi connectivity index (χ1v) is 7.38. The van der Waals surface area contributed by atoms with Crippen molar-refractivity contribution in [3.05, 3.63) is 22.0 Å². The van der Waals surface area contributed by atoms with E-state index in [-0.39, 0.29) is 16.3 Å². The fourth-order valence-corrected chi connectivity index (χ4v) is 2.90. The van der Waals surface area contributed by atoms with Crippen LogP contribution < -0.4 is 5.32 Å². The molecule has 132 valence electrons. The number of ketones is 1. The minimum Gasteiger partial charge on any atom is -0.465 e.